The fourth-order valence-electron chi connectivity index (χ4n) is 5.79. The van der Waals surface area contributed by atoms with Gasteiger partial charge in [0.15, 0.2) is 0 Å². The van der Waals surface area contributed by atoms with Crippen LogP contribution in [0.4, 0.5) is 0 Å². The molecule has 0 aliphatic carbocycles. The molecule has 0 bridgehead atoms. The SMILES string of the molecule is CC(C)(C)OCCOCCOC(C)(C)P(=O)(O)C(C)(C)OCCOCCOC(C)(C)P(=O)(O)C(C)(C)OCCOCCOC(C)(C)P(=O)(O)C(C)(C)OCCOCCOC(C)(C)C. The Morgan fingerprint density at radius 1 is 0.254 bits per heavy atom. The minimum absolute atomic E-state index is 0.000230. The van der Waals surface area contributed by atoms with E-state index < -0.39 is 54.2 Å². The Balaban J connectivity index is 4.67. The first-order valence-electron chi connectivity index (χ1n) is 21.7. The van der Waals surface area contributed by atoms with E-state index in [1.165, 1.54) is 55.4 Å². The Kier molecular flexibility index (Phi) is 26.2. The van der Waals surface area contributed by atoms with Gasteiger partial charge < -0.3 is 71.5 Å². The molecule has 0 spiro atoms. The molecule has 0 fully saturated rings. The van der Waals surface area contributed by atoms with Crippen LogP contribution < -0.4 is 0 Å². The molecule has 0 saturated heterocycles. The van der Waals surface area contributed by atoms with Crippen LogP contribution in [0.15, 0.2) is 0 Å². The van der Waals surface area contributed by atoms with Gasteiger partial charge in [-0.1, -0.05) is 0 Å². The predicted molar refractivity (Wildman–Crippen MR) is 244 cm³/mol. The Labute approximate surface area is 380 Å². The van der Waals surface area contributed by atoms with Gasteiger partial charge in [-0.3, -0.25) is 13.7 Å². The predicted octanol–water partition coefficient (Wildman–Crippen LogP) is 8.01. The molecule has 0 rings (SSSR count). The number of hydrogen-bond donors (Lipinski definition) is 3. The first-order chi connectivity index (χ1) is 28.3. The Morgan fingerprint density at radius 2 is 0.381 bits per heavy atom. The molecule has 0 radical (unpaired) electrons. The van der Waals surface area contributed by atoms with Gasteiger partial charge in [0.2, 0.25) is 0 Å². The van der Waals surface area contributed by atoms with Gasteiger partial charge in [-0.15, -0.1) is 0 Å². The van der Waals surface area contributed by atoms with Crippen molar-refractivity contribution >= 4 is 22.1 Å². The summed E-state index contributed by atoms with van der Waals surface area (Å²) >= 11 is 0. The monoisotopic (exact) mass is 975 g/mol. The van der Waals surface area contributed by atoms with Crippen molar-refractivity contribution in [2.45, 2.75) is 168 Å². The van der Waals surface area contributed by atoms with Gasteiger partial charge in [-0.05, 0) is 125 Å². The highest BCUT2D eigenvalue weighted by molar-refractivity contribution is 7.61. The second kappa shape index (κ2) is 26.2. The third-order valence-electron chi connectivity index (χ3n) is 10.0. The number of hydrogen-bond acceptors (Lipinski definition) is 15. The second-order valence-electron chi connectivity index (χ2n) is 19.9. The average molecular weight is 975 g/mol. The average Bonchev–Trinajstić information content (AvgIpc) is 3.11. The number of rotatable bonds is 36. The lowest BCUT2D eigenvalue weighted by atomic mass is 10.2. The summed E-state index contributed by atoms with van der Waals surface area (Å²) in [5, 5.41) is -8.77. The van der Waals surface area contributed by atoms with Crippen molar-refractivity contribution < 1.29 is 85.2 Å². The Morgan fingerprint density at radius 3 is 0.508 bits per heavy atom. The zero-order valence-corrected chi connectivity index (χ0v) is 44.8. The quantitative estimate of drug-likeness (QED) is 0.0399. The van der Waals surface area contributed by atoms with E-state index in [1.807, 2.05) is 41.5 Å². The van der Waals surface area contributed by atoms with E-state index in [4.69, 9.17) is 56.8 Å². The lowest BCUT2D eigenvalue weighted by molar-refractivity contribution is -0.0604. The van der Waals surface area contributed by atoms with Gasteiger partial charge in [0.25, 0.3) is 22.1 Å². The zero-order chi connectivity index (χ0) is 49.3. The van der Waals surface area contributed by atoms with Crippen molar-refractivity contribution in [1.82, 2.24) is 0 Å². The van der Waals surface area contributed by atoms with Crippen LogP contribution in [0.25, 0.3) is 0 Å². The third kappa shape index (κ3) is 21.5. The van der Waals surface area contributed by atoms with Gasteiger partial charge >= 0.3 is 0 Å². The lowest BCUT2D eigenvalue weighted by Gasteiger charge is -2.40. The summed E-state index contributed by atoms with van der Waals surface area (Å²) in [4.78, 5) is 33.4. The molecule has 0 aliphatic heterocycles. The molecule has 18 nitrogen and oxygen atoms in total. The summed E-state index contributed by atoms with van der Waals surface area (Å²) in [6.07, 6.45) is 0. The topological polar surface area (TPSA) is 223 Å². The van der Waals surface area contributed by atoms with E-state index in [0.29, 0.717) is 26.4 Å². The van der Waals surface area contributed by atoms with Crippen LogP contribution in [0, 0.1) is 0 Å². The summed E-state index contributed by atoms with van der Waals surface area (Å²) in [7, 11) is -12.3. The van der Waals surface area contributed by atoms with Crippen LogP contribution >= 0.6 is 22.1 Å². The summed E-state index contributed by atoms with van der Waals surface area (Å²) in [5.74, 6) is 0. The minimum Gasteiger partial charge on any atom is -0.377 e. The highest BCUT2D eigenvalue weighted by Gasteiger charge is 2.54. The fourth-order valence-corrected chi connectivity index (χ4v) is 11.3. The Bertz CT molecular complexity index is 1330. The van der Waals surface area contributed by atoms with Crippen LogP contribution in [-0.4, -0.2) is 164 Å². The second-order valence-corrected chi connectivity index (χ2v) is 29.8. The molecule has 0 saturated carbocycles. The van der Waals surface area contributed by atoms with Crippen LogP contribution in [0.5, 0.6) is 0 Å². The normalized spacial score (nSPS) is 17.1. The third-order valence-corrected chi connectivity index (χ3v) is 19.5. The Hall–Kier alpha value is 0.0900. The zero-order valence-electron chi connectivity index (χ0n) is 42.1. The van der Waals surface area contributed by atoms with Crippen molar-refractivity contribution in [2.75, 3.05) is 106 Å². The molecular formula is C42H89O18P3. The van der Waals surface area contributed by atoms with Crippen LogP contribution in [0.1, 0.15) is 125 Å². The summed E-state index contributed by atoms with van der Waals surface area (Å²) < 4.78 is 109. The van der Waals surface area contributed by atoms with Gasteiger partial charge in [0.1, 0.15) is 32.1 Å². The summed E-state index contributed by atoms with van der Waals surface area (Å²) in [6, 6.07) is 0. The molecule has 2 unspecified atom stereocenters. The first kappa shape index (κ1) is 63.1. The first-order valence-corrected chi connectivity index (χ1v) is 26.7. The van der Waals surface area contributed by atoms with Gasteiger partial charge in [-0.2, -0.15) is 0 Å². The van der Waals surface area contributed by atoms with Gasteiger partial charge in [0, 0.05) is 0 Å². The molecule has 0 amide bonds. The molecule has 0 aromatic carbocycles. The highest BCUT2D eigenvalue weighted by Crippen LogP contribution is 2.66. The van der Waals surface area contributed by atoms with Crippen molar-refractivity contribution in [3.05, 3.63) is 0 Å². The van der Waals surface area contributed by atoms with Crippen molar-refractivity contribution in [3.63, 3.8) is 0 Å². The molecule has 0 aromatic heterocycles. The van der Waals surface area contributed by atoms with Crippen LogP contribution in [0.2, 0.25) is 0 Å². The molecule has 2 atom stereocenters. The van der Waals surface area contributed by atoms with Crippen molar-refractivity contribution in [2.24, 2.45) is 0 Å². The van der Waals surface area contributed by atoms with Gasteiger partial charge in [0.05, 0.1) is 117 Å². The molecule has 63 heavy (non-hydrogen) atoms. The highest BCUT2D eigenvalue weighted by atomic mass is 31.2. The minimum atomic E-state index is -4.15. The maximum atomic E-state index is 13.7. The maximum absolute atomic E-state index is 13.7. The van der Waals surface area contributed by atoms with E-state index >= 15 is 0 Å². The lowest BCUT2D eigenvalue weighted by Crippen LogP contribution is -2.39. The van der Waals surface area contributed by atoms with Crippen LogP contribution in [-0.2, 0) is 70.5 Å². The molecule has 0 aromatic rings. The largest absolute Gasteiger partial charge is 0.377 e. The summed E-state index contributed by atoms with van der Waals surface area (Å²) in [5.41, 5.74) is -0.528. The molecule has 0 heterocycles. The van der Waals surface area contributed by atoms with E-state index in [1.54, 1.807) is 27.7 Å². The number of ether oxygens (including phenoxy) is 12. The van der Waals surface area contributed by atoms with E-state index in [9.17, 15) is 28.4 Å². The van der Waals surface area contributed by atoms with Crippen molar-refractivity contribution in [1.29, 1.82) is 0 Å². The van der Waals surface area contributed by atoms with E-state index in [2.05, 4.69) is 0 Å². The maximum Gasteiger partial charge on any atom is 0.261 e. The van der Waals surface area contributed by atoms with E-state index in [-0.39, 0.29) is 90.5 Å². The van der Waals surface area contributed by atoms with Gasteiger partial charge in [-0.25, -0.2) is 0 Å². The molecular weight excluding hydrogens is 885 g/mol. The van der Waals surface area contributed by atoms with Crippen LogP contribution in [0.3, 0.4) is 0 Å². The van der Waals surface area contributed by atoms with E-state index in [0.717, 1.165) is 0 Å². The standard InChI is InChI=1S/C42H89O18P3/c1-35(2,3)53-27-19-49-21-29-55-37(7,8)61(43,44)39(11,12)57-31-23-51-25-33-59-41(15,16)63(47,48)42(17,18)60-34-26-52-24-32-58-40(13,14)62(45,46)38(9,10)56-30-22-50-20-28-54-36(4,5)6/h19-34H2,1-18H3,(H,43,44)(H,45,46)(H,47,48). The smallest absolute Gasteiger partial charge is 0.261 e. The van der Waals surface area contributed by atoms with Crippen molar-refractivity contribution in [3.8, 4) is 0 Å². The fraction of sp³-hybridized carbons (Fsp3) is 1.00. The molecule has 380 valence electrons. The summed E-state index contributed by atoms with van der Waals surface area (Å²) in [6.45, 7) is 32.5. The molecule has 21 heteroatoms. The molecule has 0 aliphatic rings. The molecule has 3 N–H and O–H groups in total.